The molecule has 1 atom stereocenters. The lowest BCUT2D eigenvalue weighted by atomic mass is 10.0. The molecule has 0 spiro atoms. The summed E-state index contributed by atoms with van der Waals surface area (Å²) < 4.78 is 0. The van der Waals surface area contributed by atoms with Crippen molar-refractivity contribution < 1.29 is 0 Å². The Morgan fingerprint density at radius 1 is 0.821 bits per heavy atom. The maximum atomic E-state index is 2.65. The number of nitrogens with zero attached hydrogens (tertiary/aromatic N) is 2. The minimum atomic E-state index is 0. The molecule has 4 rings (SSSR count). The van der Waals surface area contributed by atoms with Crippen molar-refractivity contribution in [3.63, 3.8) is 0 Å². The van der Waals surface area contributed by atoms with Gasteiger partial charge >= 0.3 is 0 Å². The third-order valence-electron chi connectivity index (χ3n) is 5.55. The maximum absolute atomic E-state index is 2.65. The molecule has 1 unspecified atom stereocenters. The van der Waals surface area contributed by atoms with Crippen LogP contribution in [0.1, 0.15) is 24.1 Å². The van der Waals surface area contributed by atoms with E-state index in [9.17, 15) is 0 Å². The maximum Gasteiger partial charge on any atom is 0.0367 e. The zero-order valence-electron chi connectivity index (χ0n) is 16.5. The molecule has 0 saturated carbocycles. The van der Waals surface area contributed by atoms with Crippen LogP contribution in [0.5, 0.6) is 0 Å². The number of hydrogen-bond acceptors (Lipinski definition) is 3. The monoisotopic (exact) mass is 412 g/mol. The number of halogens is 1. The molecule has 1 aromatic heterocycles. The first-order valence-electron chi connectivity index (χ1n) is 10.0. The van der Waals surface area contributed by atoms with E-state index in [1.165, 1.54) is 34.0 Å². The van der Waals surface area contributed by atoms with Gasteiger partial charge in [-0.25, -0.2) is 0 Å². The van der Waals surface area contributed by atoms with E-state index >= 15 is 0 Å². The van der Waals surface area contributed by atoms with E-state index in [2.05, 4.69) is 89.5 Å². The average molecular weight is 413 g/mol. The molecule has 4 heteroatoms. The molecule has 1 aliphatic rings. The van der Waals surface area contributed by atoms with E-state index in [1.807, 2.05) is 11.3 Å². The zero-order chi connectivity index (χ0) is 18.5. The molecule has 0 amide bonds. The highest BCUT2D eigenvalue weighted by Crippen LogP contribution is 2.34. The van der Waals surface area contributed by atoms with Crippen molar-refractivity contribution in [3.8, 4) is 10.4 Å². The molecule has 0 radical (unpaired) electrons. The summed E-state index contributed by atoms with van der Waals surface area (Å²) in [7, 11) is 0. The second-order valence-electron chi connectivity index (χ2n) is 7.30. The van der Waals surface area contributed by atoms with Gasteiger partial charge in [-0.1, -0.05) is 55.5 Å². The third-order valence-corrected chi connectivity index (χ3v) is 6.85. The van der Waals surface area contributed by atoms with Gasteiger partial charge < -0.3 is 4.90 Å². The first kappa shape index (κ1) is 20.9. The summed E-state index contributed by atoms with van der Waals surface area (Å²) in [5, 5.41) is 0. The molecule has 3 aromatic rings. The van der Waals surface area contributed by atoms with E-state index in [4.69, 9.17) is 0 Å². The van der Waals surface area contributed by atoms with Crippen LogP contribution in [0.2, 0.25) is 0 Å². The van der Waals surface area contributed by atoms with E-state index in [-0.39, 0.29) is 12.4 Å². The Bertz CT molecular complexity index is 826. The van der Waals surface area contributed by atoms with Crippen molar-refractivity contribution in [2.24, 2.45) is 0 Å². The number of piperazine rings is 1. The fourth-order valence-corrected chi connectivity index (χ4v) is 5.08. The smallest absolute Gasteiger partial charge is 0.0367 e. The lowest BCUT2D eigenvalue weighted by Crippen LogP contribution is -2.47. The van der Waals surface area contributed by atoms with E-state index in [0.717, 1.165) is 26.2 Å². The first-order chi connectivity index (χ1) is 13.3. The van der Waals surface area contributed by atoms with E-state index in [1.54, 1.807) is 0 Å². The van der Waals surface area contributed by atoms with Gasteiger partial charge in [0.05, 0.1) is 0 Å². The minimum absolute atomic E-state index is 0. The Hall–Kier alpha value is -1.81. The minimum Gasteiger partial charge on any atom is -0.369 e. The van der Waals surface area contributed by atoms with Crippen LogP contribution in [-0.4, -0.2) is 37.6 Å². The quantitative estimate of drug-likeness (QED) is 0.478. The fourth-order valence-electron chi connectivity index (χ4n) is 3.89. The molecule has 2 aromatic carbocycles. The number of hydrogen-bond donors (Lipinski definition) is 0. The van der Waals surface area contributed by atoms with E-state index in [0.29, 0.717) is 5.92 Å². The van der Waals surface area contributed by atoms with Gasteiger partial charge in [0, 0.05) is 54.1 Å². The van der Waals surface area contributed by atoms with Crippen molar-refractivity contribution in [2.75, 3.05) is 37.6 Å². The molecule has 1 aliphatic heterocycles. The van der Waals surface area contributed by atoms with Crippen molar-refractivity contribution in [2.45, 2.75) is 19.3 Å². The molecular weight excluding hydrogens is 384 g/mol. The Balaban J connectivity index is 0.00000225. The van der Waals surface area contributed by atoms with Gasteiger partial charge in [-0.05, 0) is 36.2 Å². The predicted octanol–water partition coefficient (Wildman–Crippen LogP) is 6.15. The zero-order valence-corrected chi connectivity index (χ0v) is 18.1. The van der Waals surface area contributed by atoms with Crippen LogP contribution < -0.4 is 4.90 Å². The van der Waals surface area contributed by atoms with Crippen molar-refractivity contribution in [3.05, 3.63) is 77.7 Å². The summed E-state index contributed by atoms with van der Waals surface area (Å²) in [5.41, 5.74) is 2.69. The Labute approximate surface area is 179 Å². The molecule has 1 saturated heterocycles. The molecule has 0 aliphatic carbocycles. The topological polar surface area (TPSA) is 6.48 Å². The number of rotatable bonds is 6. The number of para-hydroxylation sites is 1. The summed E-state index contributed by atoms with van der Waals surface area (Å²) in [6, 6.07) is 26.2. The molecule has 28 heavy (non-hydrogen) atoms. The lowest BCUT2D eigenvalue weighted by molar-refractivity contribution is 0.241. The number of anilines is 1. The Kier molecular flexibility index (Phi) is 7.55. The van der Waals surface area contributed by atoms with Crippen LogP contribution in [-0.2, 0) is 0 Å². The van der Waals surface area contributed by atoms with Crippen LogP contribution in [0, 0.1) is 0 Å². The van der Waals surface area contributed by atoms with Gasteiger partial charge in [0.25, 0.3) is 0 Å². The summed E-state index contributed by atoms with van der Waals surface area (Å²) in [6.07, 6.45) is 1.20. The Morgan fingerprint density at radius 2 is 1.46 bits per heavy atom. The lowest BCUT2D eigenvalue weighted by Gasteiger charge is -2.37. The summed E-state index contributed by atoms with van der Waals surface area (Å²) in [6.45, 7) is 8.06. The molecule has 148 valence electrons. The van der Waals surface area contributed by atoms with E-state index < -0.39 is 0 Å². The summed E-state index contributed by atoms with van der Waals surface area (Å²) >= 11 is 1.97. The molecule has 0 N–H and O–H groups in total. The molecule has 1 fully saturated rings. The van der Waals surface area contributed by atoms with Gasteiger partial charge in [-0.15, -0.1) is 23.7 Å². The predicted molar refractivity (Wildman–Crippen MR) is 125 cm³/mol. The second-order valence-corrected chi connectivity index (χ2v) is 8.41. The van der Waals surface area contributed by atoms with Crippen LogP contribution in [0.15, 0.2) is 72.8 Å². The molecule has 2 heterocycles. The second kappa shape index (κ2) is 10.1. The fraction of sp³-hybridized carbons (Fsp3) is 0.333. The third kappa shape index (κ3) is 4.96. The van der Waals surface area contributed by atoms with Gasteiger partial charge in [-0.3, -0.25) is 4.90 Å². The van der Waals surface area contributed by atoms with Gasteiger partial charge in [0.1, 0.15) is 0 Å². The molecule has 0 bridgehead atoms. The van der Waals surface area contributed by atoms with Crippen molar-refractivity contribution >= 4 is 29.4 Å². The molecule has 2 nitrogen and oxygen atoms in total. The highest BCUT2D eigenvalue weighted by Gasteiger charge is 2.21. The van der Waals surface area contributed by atoms with Gasteiger partial charge in [-0.2, -0.15) is 0 Å². The highest BCUT2D eigenvalue weighted by molar-refractivity contribution is 7.15. The normalized spacial score (nSPS) is 15.8. The van der Waals surface area contributed by atoms with Gasteiger partial charge in [0.15, 0.2) is 0 Å². The largest absolute Gasteiger partial charge is 0.369 e. The first-order valence-corrected chi connectivity index (χ1v) is 10.8. The van der Waals surface area contributed by atoms with Crippen LogP contribution in [0.3, 0.4) is 0 Å². The summed E-state index contributed by atoms with van der Waals surface area (Å²) in [4.78, 5) is 8.07. The van der Waals surface area contributed by atoms with Crippen LogP contribution >= 0.6 is 23.7 Å². The van der Waals surface area contributed by atoms with Crippen molar-refractivity contribution in [1.82, 2.24) is 4.90 Å². The highest BCUT2D eigenvalue weighted by atomic mass is 35.5. The standard InChI is InChI=1S/C24H28N2S.ClH/c1-2-20(23-13-14-24(27-23)21-9-5-3-6-10-21)19-25-15-17-26(18-16-25)22-11-7-4-8-12-22;/h3-14,20H,2,15-19H2,1H3;1H. The number of thiophene rings is 1. The van der Waals surface area contributed by atoms with Crippen molar-refractivity contribution in [1.29, 1.82) is 0 Å². The molecular formula is C24H29ClN2S. The SMILES string of the molecule is CCC(CN1CCN(c2ccccc2)CC1)c1ccc(-c2ccccc2)s1.Cl. The van der Waals surface area contributed by atoms with Crippen LogP contribution in [0.25, 0.3) is 10.4 Å². The summed E-state index contributed by atoms with van der Waals surface area (Å²) in [5.74, 6) is 0.635. The number of benzene rings is 2. The Morgan fingerprint density at radius 3 is 2.11 bits per heavy atom. The van der Waals surface area contributed by atoms with Gasteiger partial charge in [0.2, 0.25) is 0 Å². The average Bonchev–Trinajstić information content (AvgIpc) is 3.24. The van der Waals surface area contributed by atoms with Crippen LogP contribution in [0.4, 0.5) is 5.69 Å².